The van der Waals surface area contributed by atoms with Gasteiger partial charge in [0.25, 0.3) is 0 Å². The zero-order valence-electron chi connectivity index (χ0n) is 15.1. The van der Waals surface area contributed by atoms with Gasteiger partial charge >= 0.3 is 0 Å². The van der Waals surface area contributed by atoms with Gasteiger partial charge in [-0.1, -0.05) is 6.07 Å². The van der Waals surface area contributed by atoms with E-state index in [0.29, 0.717) is 31.5 Å². The molecule has 2 aromatic rings. The number of benzene rings is 1. The van der Waals surface area contributed by atoms with Gasteiger partial charge in [0, 0.05) is 26.1 Å². The van der Waals surface area contributed by atoms with Crippen LogP contribution in [-0.2, 0) is 16.1 Å². The molecule has 4 rings (SSSR count). The van der Waals surface area contributed by atoms with Gasteiger partial charge in [0.05, 0.1) is 13.2 Å². The third-order valence-corrected chi connectivity index (χ3v) is 5.56. The van der Waals surface area contributed by atoms with Gasteiger partial charge in [-0.15, -0.1) is 0 Å². The van der Waals surface area contributed by atoms with Gasteiger partial charge < -0.3 is 9.64 Å². The Morgan fingerprint density at radius 2 is 1.85 bits per heavy atom. The lowest BCUT2D eigenvalue weighted by molar-refractivity contribution is -0.135. The number of nitrogens with zero attached hydrogens (tertiary/aromatic N) is 4. The standard InChI is InChI=1S/C19H26N4O3/c24-19(23-9-11-25-12-10-23)4-2-15-5-7-22(8-6-15)14-16-1-3-17-18(13-16)21-26-20-17/h1,3,13,15H,2,4-12,14H2. The van der Waals surface area contributed by atoms with Crippen LogP contribution in [0, 0.1) is 5.92 Å². The summed E-state index contributed by atoms with van der Waals surface area (Å²) >= 11 is 0. The van der Waals surface area contributed by atoms with Crippen molar-refractivity contribution in [2.75, 3.05) is 39.4 Å². The molecular formula is C19H26N4O3. The van der Waals surface area contributed by atoms with E-state index in [1.165, 1.54) is 18.4 Å². The molecule has 1 amide bonds. The highest BCUT2D eigenvalue weighted by Crippen LogP contribution is 2.24. The van der Waals surface area contributed by atoms with Crippen molar-refractivity contribution in [2.24, 2.45) is 5.92 Å². The first-order chi connectivity index (χ1) is 12.8. The summed E-state index contributed by atoms with van der Waals surface area (Å²) in [4.78, 5) is 16.7. The molecule has 3 heterocycles. The maximum atomic E-state index is 12.3. The number of likely N-dealkylation sites (tertiary alicyclic amines) is 1. The van der Waals surface area contributed by atoms with Crippen molar-refractivity contribution >= 4 is 16.9 Å². The van der Waals surface area contributed by atoms with Crippen LogP contribution < -0.4 is 0 Å². The largest absolute Gasteiger partial charge is 0.378 e. The highest BCUT2D eigenvalue weighted by Gasteiger charge is 2.22. The normalized spacial score (nSPS) is 19.9. The second-order valence-electron chi connectivity index (χ2n) is 7.34. The fourth-order valence-electron chi connectivity index (χ4n) is 3.92. The second-order valence-corrected chi connectivity index (χ2v) is 7.34. The van der Waals surface area contributed by atoms with Crippen molar-refractivity contribution in [3.05, 3.63) is 23.8 Å². The van der Waals surface area contributed by atoms with Gasteiger partial charge in [0.1, 0.15) is 11.0 Å². The van der Waals surface area contributed by atoms with Crippen LogP contribution in [0.15, 0.2) is 22.8 Å². The Balaban J connectivity index is 1.20. The van der Waals surface area contributed by atoms with E-state index in [4.69, 9.17) is 9.37 Å². The van der Waals surface area contributed by atoms with E-state index in [1.54, 1.807) is 0 Å². The fourth-order valence-corrected chi connectivity index (χ4v) is 3.92. The molecule has 0 atom stereocenters. The molecule has 2 aliphatic heterocycles. The summed E-state index contributed by atoms with van der Waals surface area (Å²) < 4.78 is 10.1. The first kappa shape index (κ1) is 17.4. The summed E-state index contributed by atoms with van der Waals surface area (Å²) in [6, 6.07) is 6.11. The van der Waals surface area contributed by atoms with Crippen molar-refractivity contribution in [3.8, 4) is 0 Å². The van der Waals surface area contributed by atoms with Crippen molar-refractivity contribution in [1.29, 1.82) is 0 Å². The van der Waals surface area contributed by atoms with Crippen LogP contribution in [-0.4, -0.2) is 65.4 Å². The zero-order valence-corrected chi connectivity index (χ0v) is 15.1. The van der Waals surface area contributed by atoms with Crippen molar-refractivity contribution < 1.29 is 14.2 Å². The van der Waals surface area contributed by atoms with E-state index in [-0.39, 0.29) is 0 Å². The Morgan fingerprint density at radius 1 is 1.08 bits per heavy atom. The number of fused-ring (bicyclic) bond motifs is 1. The fraction of sp³-hybridized carbons (Fsp3) is 0.632. The number of amides is 1. The number of ether oxygens (including phenoxy) is 1. The molecule has 2 fully saturated rings. The first-order valence-corrected chi connectivity index (χ1v) is 9.57. The van der Waals surface area contributed by atoms with E-state index < -0.39 is 0 Å². The number of hydrogen-bond acceptors (Lipinski definition) is 6. The maximum absolute atomic E-state index is 12.3. The molecule has 2 aliphatic rings. The Bertz CT molecular complexity index is 733. The highest BCUT2D eigenvalue weighted by molar-refractivity contribution is 5.76. The number of carbonyl (C=O) groups is 1. The van der Waals surface area contributed by atoms with Gasteiger partial charge in [0.15, 0.2) is 0 Å². The summed E-state index contributed by atoms with van der Waals surface area (Å²) in [6.07, 6.45) is 4.04. The zero-order chi connectivity index (χ0) is 17.8. The van der Waals surface area contributed by atoms with Crippen LogP contribution in [0.1, 0.15) is 31.2 Å². The molecule has 7 heteroatoms. The minimum atomic E-state index is 0.297. The second kappa shape index (κ2) is 8.14. The van der Waals surface area contributed by atoms with E-state index >= 15 is 0 Å². The summed E-state index contributed by atoms with van der Waals surface area (Å²) in [5.41, 5.74) is 2.87. The first-order valence-electron chi connectivity index (χ1n) is 9.57. The molecule has 1 aromatic heterocycles. The Labute approximate surface area is 153 Å². The van der Waals surface area contributed by atoms with Crippen LogP contribution in [0.25, 0.3) is 11.0 Å². The van der Waals surface area contributed by atoms with E-state index in [1.807, 2.05) is 11.0 Å². The predicted octanol–water partition coefficient (Wildman–Crippen LogP) is 2.07. The quantitative estimate of drug-likeness (QED) is 0.815. The molecule has 2 saturated heterocycles. The number of morpholine rings is 1. The number of rotatable bonds is 5. The molecule has 0 bridgehead atoms. The Morgan fingerprint density at radius 3 is 2.65 bits per heavy atom. The number of hydrogen-bond donors (Lipinski definition) is 0. The molecule has 0 radical (unpaired) electrons. The number of aromatic nitrogens is 2. The molecule has 26 heavy (non-hydrogen) atoms. The average Bonchev–Trinajstić information content (AvgIpc) is 3.16. The molecule has 140 valence electrons. The number of piperidine rings is 1. The average molecular weight is 358 g/mol. The summed E-state index contributed by atoms with van der Waals surface area (Å²) in [6.45, 7) is 5.98. The molecule has 7 nitrogen and oxygen atoms in total. The molecular weight excluding hydrogens is 332 g/mol. The lowest BCUT2D eigenvalue weighted by Gasteiger charge is -2.32. The van der Waals surface area contributed by atoms with Crippen LogP contribution in [0.3, 0.4) is 0 Å². The van der Waals surface area contributed by atoms with Gasteiger partial charge in [-0.05, 0) is 66.3 Å². The molecule has 1 aromatic carbocycles. The van der Waals surface area contributed by atoms with E-state index in [2.05, 4.69) is 27.3 Å². The predicted molar refractivity (Wildman–Crippen MR) is 96.4 cm³/mol. The molecule has 0 saturated carbocycles. The van der Waals surface area contributed by atoms with Crippen LogP contribution in [0.4, 0.5) is 0 Å². The van der Waals surface area contributed by atoms with Gasteiger partial charge in [0.2, 0.25) is 5.91 Å². The summed E-state index contributed by atoms with van der Waals surface area (Å²) in [5.74, 6) is 0.962. The Kier molecular flexibility index (Phi) is 5.45. The highest BCUT2D eigenvalue weighted by atomic mass is 16.6. The van der Waals surface area contributed by atoms with Gasteiger partial charge in [-0.25, -0.2) is 4.63 Å². The lowest BCUT2D eigenvalue weighted by Crippen LogP contribution is -2.41. The van der Waals surface area contributed by atoms with Crippen molar-refractivity contribution in [2.45, 2.75) is 32.2 Å². The minimum absolute atomic E-state index is 0.297. The SMILES string of the molecule is O=C(CCC1CCN(Cc2ccc3nonc3c2)CC1)N1CCOCC1. The summed E-state index contributed by atoms with van der Waals surface area (Å²) in [5, 5.41) is 7.76. The monoisotopic (exact) mass is 358 g/mol. The van der Waals surface area contributed by atoms with Crippen molar-refractivity contribution in [1.82, 2.24) is 20.1 Å². The van der Waals surface area contributed by atoms with Crippen LogP contribution in [0.5, 0.6) is 0 Å². The third kappa shape index (κ3) is 4.22. The maximum Gasteiger partial charge on any atom is 0.222 e. The van der Waals surface area contributed by atoms with E-state index in [9.17, 15) is 4.79 Å². The van der Waals surface area contributed by atoms with Crippen molar-refractivity contribution in [3.63, 3.8) is 0 Å². The minimum Gasteiger partial charge on any atom is -0.378 e. The third-order valence-electron chi connectivity index (χ3n) is 5.56. The topological polar surface area (TPSA) is 71.7 Å². The Hall–Kier alpha value is -1.99. The van der Waals surface area contributed by atoms with Crippen LogP contribution in [0.2, 0.25) is 0 Å². The van der Waals surface area contributed by atoms with Gasteiger partial charge in [-0.3, -0.25) is 9.69 Å². The van der Waals surface area contributed by atoms with E-state index in [0.717, 1.165) is 50.2 Å². The molecule has 0 N–H and O–H groups in total. The van der Waals surface area contributed by atoms with Gasteiger partial charge in [-0.2, -0.15) is 0 Å². The lowest BCUT2D eigenvalue weighted by atomic mass is 9.91. The smallest absolute Gasteiger partial charge is 0.222 e. The molecule has 0 spiro atoms. The summed E-state index contributed by atoms with van der Waals surface area (Å²) in [7, 11) is 0. The molecule has 0 aliphatic carbocycles. The van der Waals surface area contributed by atoms with Crippen LogP contribution >= 0.6 is 0 Å². The molecule has 0 unspecified atom stereocenters. The number of carbonyl (C=O) groups excluding carboxylic acids is 1.